The van der Waals surface area contributed by atoms with E-state index in [9.17, 15) is 23.3 Å². The van der Waals surface area contributed by atoms with Crippen LogP contribution in [0.4, 0.5) is 24.0 Å². The molecule has 0 saturated heterocycles. The standard InChI is InChI=1S/C23H17F3N4O4S/c1-2-33-20-11-14(13-27-29-22-28-16-5-3-4-6-21(16)35-22)7-9-19(20)34-18-10-8-15(23(24,25)26)12-17(18)30(31)32/h3-13H,2H2,1H3,(H,28,29)/b27-13+. The van der Waals surface area contributed by atoms with E-state index < -0.39 is 22.4 Å². The Bertz CT molecular complexity index is 1370. The summed E-state index contributed by atoms with van der Waals surface area (Å²) >= 11 is 1.45. The molecule has 4 rings (SSSR count). The third kappa shape index (κ3) is 5.66. The van der Waals surface area contributed by atoms with Gasteiger partial charge in [0.15, 0.2) is 11.5 Å². The summed E-state index contributed by atoms with van der Waals surface area (Å²) in [6.07, 6.45) is -3.20. The number of benzene rings is 3. The van der Waals surface area contributed by atoms with Gasteiger partial charge in [-0.15, -0.1) is 0 Å². The van der Waals surface area contributed by atoms with E-state index in [1.165, 1.54) is 23.6 Å². The van der Waals surface area contributed by atoms with Crippen molar-refractivity contribution in [3.05, 3.63) is 81.9 Å². The Balaban J connectivity index is 1.55. The van der Waals surface area contributed by atoms with E-state index in [0.29, 0.717) is 16.8 Å². The van der Waals surface area contributed by atoms with Gasteiger partial charge in [0.25, 0.3) is 0 Å². The van der Waals surface area contributed by atoms with E-state index in [4.69, 9.17) is 9.47 Å². The Morgan fingerprint density at radius 3 is 2.60 bits per heavy atom. The molecule has 12 heteroatoms. The molecule has 0 radical (unpaired) electrons. The van der Waals surface area contributed by atoms with Gasteiger partial charge in [0.1, 0.15) is 0 Å². The van der Waals surface area contributed by atoms with Crippen LogP contribution >= 0.6 is 11.3 Å². The second-order valence-electron chi connectivity index (χ2n) is 7.04. The Kier molecular flexibility index (Phi) is 6.82. The maximum Gasteiger partial charge on any atom is 0.416 e. The van der Waals surface area contributed by atoms with E-state index in [-0.39, 0.29) is 23.9 Å². The Morgan fingerprint density at radius 1 is 1.11 bits per heavy atom. The molecule has 0 bridgehead atoms. The average Bonchev–Trinajstić information content (AvgIpc) is 3.23. The molecule has 4 aromatic rings. The highest BCUT2D eigenvalue weighted by atomic mass is 32.1. The Morgan fingerprint density at radius 2 is 1.89 bits per heavy atom. The lowest BCUT2D eigenvalue weighted by molar-refractivity contribution is -0.385. The van der Waals surface area contributed by atoms with Gasteiger partial charge < -0.3 is 9.47 Å². The molecule has 1 aromatic heterocycles. The highest BCUT2D eigenvalue weighted by Gasteiger charge is 2.33. The molecule has 35 heavy (non-hydrogen) atoms. The predicted molar refractivity (Wildman–Crippen MR) is 127 cm³/mol. The van der Waals surface area contributed by atoms with E-state index >= 15 is 0 Å². The minimum atomic E-state index is -4.72. The fraction of sp³-hybridized carbons (Fsp3) is 0.130. The maximum atomic E-state index is 13.0. The summed E-state index contributed by atoms with van der Waals surface area (Å²) in [4.78, 5) is 14.8. The number of hydrogen-bond donors (Lipinski definition) is 1. The smallest absolute Gasteiger partial charge is 0.416 e. The molecule has 0 spiro atoms. The van der Waals surface area contributed by atoms with Gasteiger partial charge in [-0.2, -0.15) is 18.3 Å². The number of fused-ring (bicyclic) bond motifs is 1. The van der Waals surface area contributed by atoms with Crippen LogP contribution in [0, 0.1) is 10.1 Å². The van der Waals surface area contributed by atoms with Crippen molar-refractivity contribution in [3.8, 4) is 17.2 Å². The number of rotatable bonds is 8. The van der Waals surface area contributed by atoms with Crippen LogP contribution < -0.4 is 14.9 Å². The number of anilines is 1. The number of aromatic nitrogens is 1. The number of alkyl halides is 3. The molecule has 0 aliphatic carbocycles. The van der Waals surface area contributed by atoms with Gasteiger partial charge in [0, 0.05) is 6.07 Å². The van der Waals surface area contributed by atoms with E-state index in [1.54, 1.807) is 19.1 Å². The summed E-state index contributed by atoms with van der Waals surface area (Å²) in [5, 5.41) is 16.1. The first-order valence-corrected chi connectivity index (χ1v) is 11.0. The van der Waals surface area contributed by atoms with Gasteiger partial charge in [-0.3, -0.25) is 15.5 Å². The minimum absolute atomic E-state index is 0.103. The molecule has 0 atom stereocenters. The molecule has 1 N–H and O–H groups in total. The number of thiazole rings is 1. The molecular weight excluding hydrogens is 485 g/mol. The molecule has 180 valence electrons. The predicted octanol–water partition coefficient (Wildman–Crippen LogP) is 6.86. The van der Waals surface area contributed by atoms with Crippen molar-refractivity contribution in [2.75, 3.05) is 12.0 Å². The van der Waals surface area contributed by atoms with Crippen molar-refractivity contribution >= 4 is 38.6 Å². The number of ether oxygens (including phenoxy) is 2. The number of halogens is 3. The number of hydrogen-bond acceptors (Lipinski definition) is 8. The molecule has 0 amide bonds. The number of nitrogens with one attached hydrogen (secondary N) is 1. The highest BCUT2D eigenvalue weighted by Crippen LogP contribution is 2.40. The zero-order valence-corrected chi connectivity index (χ0v) is 18.9. The van der Waals surface area contributed by atoms with Crippen molar-refractivity contribution < 1.29 is 27.6 Å². The van der Waals surface area contributed by atoms with Crippen molar-refractivity contribution in [1.29, 1.82) is 0 Å². The average molecular weight is 502 g/mol. The first-order valence-electron chi connectivity index (χ1n) is 10.2. The van der Waals surface area contributed by atoms with Crippen LogP contribution in [0.25, 0.3) is 10.2 Å². The summed E-state index contributed by atoms with van der Waals surface area (Å²) < 4.78 is 51.0. The molecule has 0 unspecified atom stereocenters. The Hall–Kier alpha value is -4.19. The van der Waals surface area contributed by atoms with Gasteiger partial charge in [0.05, 0.1) is 33.5 Å². The second-order valence-corrected chi connectivity index (χ2v) is 8.07. The number of nitro benzene ring substituents is 1. The summed E-state index contributed by atoms with van der Waals surface area (Å²) in [7, 11) is 0. The van der Waals surface area contributed by atoms with E-state index in [1.807, 2.05) is 24.3 Å². The van der Waals surface area contributed by atoms with Crippen molar-refractivity contribution in [2.45, 2.75) is 13.1 Å². The fourth-order valence-electron chi connectivity index (χ4n) is 3.08. The molecule has 0 saturated carbocycles. The monoisotopic (exact) mass is 502 g/mol. The second kappa shape index (κ2) is 9.97. The normalized spacial score (nSPS) is 11.7. The molecule has 0 fully saturated rings. The first-order chi connectivity index (χ1) is 16.7. The van der Waals surface area contributed by atoms with Crippen molar-refractivity contribution in [3.63, 3.8) is 0 Å². The van der Waals surface area contributed by atoms with Gasteiger partial charge in [0.2, 0.25) is 10.9 Å². The van der Waals surface area contributed by atoms with Gasteiger partial charge >= 0.3 is 11.9 Å². The molecule has 8 nitrogen and oxygen atoms in total. The molecular formula is C23H17F3N4O4S. The fourth-order valence-corrected chi connectivity index (χ4v) is 3.90. The van der Waals surface area contributed by atoms with E-state index in [2.05, 4.69) is 15.5 Å². The number of nitro groups is 1. The highest BCUT2D eigenvalue weighted by molar-refractivity contribution is 7.22. The lowest BCUT2D eigenvalue weighted by Gasteiger charge is -2.13. The number of hydrazone groups is 1. The van der Waals surface area contributed by atoms with E-state index in [0.717, 1.165) is 22.3 Å². The zero-order chi connectivity index (χ0) is 25.0. The van der Waals surface area contributed by atoms with Crippen LogP contribution in [0.1, 0.15) is 18.1 Å². The molecule has 3 aromatic carbocycles. The first kappa shape index (κ1) is 24.0. The van der Waals surface area contributed by atoms with Crippen LogP contribution in [0.3, 0.4) is 0 Å². The van der Waals surface area contributed by atoms with Crippen LogP contribution in [-0.2, 0) is 6.18 Å². The van der Waals surface area contributed by atoms with Crippen LogP contribution in [0.15, 0.2) is 65.8 Å². The van der Waals surface area contributed by atoms with Gasteiger partial charge in [-0.1, -0.05) is 23.5 Å². The zero-order valence-electron chi connectivity index (χ0n) is 18.1. The van der Waals surface area contributed by atoms with Crippen LogP contribution in [-0.4, -0.2) is 22.7 Å². The topological polar surface area (TPSA) is 98.9 Å². The maximum absolute atomic E-state index is 13.0. The summed E-state index contributed by atoms with van der Waals surface area (Å²) in [5.41, 5.74) is 2.38. The molecule has 0 aliphatic rings. The summed E-state index contributed by atoms with van der Waals surface area (Å²) in [6.45, 7) is 2.00. The number of para-hydroxylation sites is 1. The van der Waals surface area contributed by atoms with Crippen LogP contribution in [0.5, 0.6) is 17.2 Å². The van der Waals surface area contributed by atoms with Gasteiger partial charge in [-0.05, 0) is 55.0 Å². The third-order valence-corrected chi connectivity index (χ3v) is 5.58. The van der Waals surface area contributed by atoms with Crippen molar-refractivity contribution in [2.24, 2.45) is 5.10 Å². The minimum Gasteiger partial charge on any atom is -0.490 e. The van der Waals surface area contributed by atoms with Crippen LogP contribution in [0.2, 0.25) is 0 Å². The van der Waals surface area contributed by atoms with Crippen molar-refractivity contribution in [1.82, 2.24) is 4.98 Å². The molecule has 0 aliphatic heterocycles. The quantitative estimate of drug-likeness (QED) is 0.161. The largest absolute Gasteiger partial charge is 0.490 e. The third-order valence-electron chi connectivity index (χ3n) is 4.64. The number of nitrogens with zero attached hydrogens (tertiary/aromatic N) is 3. The summed E-state index contributed by atoms with van der Waals surface area (Å²) in [6, 6.07) is 14.4. The SMILES string of the molecule is CCOc1cc(/C=N/Nc2nc3ccccc3s2)ccc1Oc1ccc(C(F)(F)F)cc1[N+](=O)[O-]. The lowest BCUT2D eigenvalue weighted by atomic mass is 10.1. The summed E-state index contributed by atoms with van der Waals surface area (Å²) in [5.74, 6) is -0.000466. The Labute approximate surface area is 200 Å². The van der Waals surface area contributed by atoms with Gasteiger partial charge in [-0.25, -0.2) is 4.98 Å². The molecule has 1 heterocycles. The lowest BCUT2D eigenvalue weighted by Crippen LogP contribution is -2.06.